The van der Waals surface area contributed by atoms with Gasteiger partial charge in [-0.05, 0) is 42.2 Å². The van der Waals surface area contributed by atoms with Crippen LogP contribution in [-0.2, 0) is 14.6 Å². The van der Waals surface area contributed by atoms with Gasteiger partial charge >= 0.3 is 0 Å². The van der Waals surface area contributed by atoms with Crippen LogP contribution in [0.15, 0.2) is 54.6 Å². The molecule has 0 saturated carbocycles. The topological polar surface area (TPSA) is 90.3 Å². The lowest BCUT2D eigenvalue weighted by Gasteiger charge is -2.14. The Kier molecular flexibility index (Phi) is 6.76. The Bertz CT molecular complexity index is 1240. The van der Waals surface area contributed by atoms with Gasteiger partial charge in [-0.15, -0.1) is 0 Å². The van der Waals surface area contributed by atoms with Crippen LogP contribution in [0.2, 0.25) is 5.02 Å². The number of hydrogen-bond donors (Lipinski definition) is 1. The number of sulfone groups is 1. The zero-order chi connectivity index (χ0) is 23.6. The van der Waals surface area contributed by atoms with E-state index in [1.807, 2.05) is 36.4 Å². The summed E-state index contributed by atoms with van der Waals surface area (Å²) in [5.74, 6) is 1.20. The van der Waals surface area contributed by atoms with Crippen LogP contribution in [0.3, 0.4) is 0 Å². The lowest BCUT2D eigenvalue weighted by atomic mass is 10.0. The van der Waals surface area contributed by atoms with Crippen LogP contribution in [0.1, 0.15) is 37.8 Å². The molecular formula is C24H26ClN3O4S. The van der Waals surface area contributed by atoms with Gasteiger partial charge in [0.25, 0.3) is 5.91 Å². The average Bonchev–Trinajstić information content (AvgIpc) is 3.35. The van der Waals surface area contributed by atoms with E-state index in [0.717, 1.165) is 5.56 Å². The molecule has 1 saturated heterocycles. The number of anilines is 1. The molecule has 1 aliphatic heterocycles. The fourth-order valence-electron chi connectivity index (χ4n) is 3.77. The molecule has 1 aromatic heterocycles. The normalized spacial score (nSPS) is 17.3. The maximum Gasteiger partial charge on any atom is 0.263 e. The Hall–Kier alpha value is -2.84. The van der Waals surface area contributed by atoms with Crippen molar-refractivity contribution in [3.05, 3.63) is 65.2 Å². The maximum absolute atomic E-state index is 12.6. The number of carbonyl (C=O) groups is 1. The minimum atomic E-state index is -3.12. The number of aromatic nitrogens is 2. The molecule has 1 atom stereocenters. The first kappa shape index (κ1) is 23.3. The summed E-state index contributed by atoms with van der Waals surface area (Å²) in [6.07, 6.45) is 0.450. The lowest BCUT2D eigenvalue weighted by molar-refractivity contribution is -0.118. The summed E-state index contributed by atoms with van der Waals surface area (Å²) in [6, 6.07) is 16.2. The fraction of sp³-hybridized carbons (Fsp3) is 0.333. The quantitative estimate of drug-likeness (QED) is 0.521. The molecule has 1 aliphatic rings. The summed E-state index contributed by atoms with van der Waals surface area (Å²) in [7, 11) is -3.12. The van der Waals surface area contributed by atoms with Crippen molar-refractivity contribution >= 4 is 33.2 Å². The smallest absolute Gasteiger partial charge is 0.263 e. The molecule has 9 heteroatoms. The van der Waals surface area contributed by atoms with Crippen molar-refractivity contribution in [3.8, 4) is 17.0 Å². The van der Waals surface area contributed by atoms with Crippen LogP contribution in [0, 0.1) is 0 Å². The molecule has 3 aromatic rings. The second-order valence-electron chi connectivity index (χ2n) is 8.48. The number of amides is 1. The Morgan fingerprint density at radius 1 is 1.18 bits per heavy atom. The Morgan fingerprint density at radius 3 is 2.48 bits per heavy atom. The molecule has 0 spiro atoms. The van der Waals surface area contributed by atoms with E-state index in [-0.39, 0.29) is 30.1 Å². The Labute approximate surface area is 198 Å². The number of nitrogens with zero attached hydrogens (tertiary/aromatic N) is 2. The molecular weight excluding hydrogens is 462 g/mol. The highest BCUT2D eigenvalue weighted by molar-refractivity contribution is 7.91. The first-order valence-electron chi connectivity index (χ1n) is 10.8. The molecule has 0 aliphatic carbocycles. The van der Waals surface area contributed by atoms with Gasteiger partial charge in [-0.1, -0.05) is 49.7 Å². The summed E-state index contributed by atoms with van der Waals surface area (Å²) in [5.41, 5.74) is 2.63. The molecule has 2 aromatic carbocycles. The minimum absolute atomic E-state index is 0.00366. The largest absolute Gasteiger partial charge is 0.484 e. The van der Waals surface area contributed by atoms with E-state index in [9.17, 15) is 13.2 Å². The zero-order valence-electron chi connectivity index (χ0n) is 18.5. The molecule has 2 heterocycles. The summed E-state index contributed by atoms with van der Waals surface area (Å²) in [6.45, 7) is 4.05. The minimum Gasteiger partial charge on any atom is -0.484 e. The van der Waals surface area contributed by atoms with Crippen molar-refractivity contribution in [1.82, 2.24) is 9.78 Å². The highest BCUT2D eigenvalue weighted by Crippen LogP contribution is 2.30. The van der Waals surface area contributed by atoms with Gasteiger partial charge in [-0.3, -0.25) is 4.79 Å². The van der Waals surface area contributed by atoms with Crippen LogP contribution in [0.25, 0.3) is 11.3 Å². The number of benzene rings is 2. The van der Waals surface area contributed by atoms with Crippen molar-refractivity contribution in [2.75, 3.05) is 23.4 Å². The number of ether oxygens (including phenoxy) is 1. The fourth-order valence-corrected chi connectivity index (χ4v) is 5.59. The molecule has 4 rings (SSSR count). The second kappa shape index (κ2) is 9.57. The van der Waals surface area contributed by atoms with Crippen LogP contribution >= 0.6 is 11.6 Å². The zero-order valence-corrected chi connectivity index (χ0v) is 20.1. The van der Waals surface area contributed by atoms with E-state index in [1.165, 1.54) is 5.56 Å². The summed E-state index contributed by atoms with van der Waals surface area (Å²) < 4.78 is 31.3. The molecule has 0 bridgehead atoms. The predicted octanol–water partition coefficient (Wildman–Crippen LogP) is 4.70. The third-order valence-electron chi connectivity index (χ3n) is 5.61. The van der Waals surface area contributed by atoms with Crippen LogP contribution in [0.4, 0.5) is 5.82 Å². The van der Waals surface area contributed by atoms with Gasteiger partial charge in [-0.25, -0.2) is 13.1 Å². The van der Waals surface area contributed by atoms with Crippen molar-refractivity contribution in [2.45, 2.75) is 32.2 Å². The predicted molar refractivity (Wildman–Crippen MR) is 130 cm³/mol. The molecule has 0 unspecified atom stereocenters. The van der Waals surface area contributed by atoms with E-state index in [4.69, 9.17) is 16.3 Å². The highest BCUT2D eigenvalue weighted by atomic mass is 35.5. The van der Waals surface area contributed by atoms with E-state index in [2.05, 4.69) is 24.3 Å². The number of halogens is 1. The number of hydrogen-bond acceptors (Lipinski definition) is 5. The van der Waals surface area contributed by atoms with Gasteiger partial charge < -0.3 is 10.1 Å². The summed E-state index contributed by atoms with van der Waals surface area (Å²) >= 11 is 5.99. The third kappa shape index (κ3) is 5.75. The molecule has 1 fully saturated rings. The molecule has 33 heavy (non-hydrogen) atoms. The van der Waals surface area contributed by atoms with E-state index in [1.54, 1.807) is 22.9 Å². The first-order valence-corrected chi connectivity index (χ1v) is 13.0. The maximum atomic E-state index is 12.6. The van der Waals surface area contributed by atoms with Crippen LogP contribution in [0.5, 0.6) is 5.75 Å². The van der Waals surface area contributed by atoms with Gasteiger partial charge in [-0.2, -0.15) is 5.10 Å². The Balaban J connectivity index is 1.51. The standard InChI is InChI=1S/C24H26ClN3O4S/c1-16(2)17-5-9-21(10-6-17)32-14-24(29)26-23-13-22(18-3-7-19(25)8-4-18)27-28(23)20-11-12-33(30,31)15-20/h3-10,13,16,20H,11-12,14-15H2,1-2H3,(H,26,29)/t20-/m1/s1. The van der Waals surface area contributed by atoms with Crippen molar-refractivity contribution in [2.24, 2.45) is 0 Å². The van der Waals surface area contributed by atoms with Crippen molar-refractivity contribution < 1.29 is 17.9 Å². The number of rotatable bonds is 7. The Morgan fingerprint density at radius 2 is 1.88 bits per heavy atom. The molecule has 7 nitrogen and oxygen atoms in total. The summed E-state index contributed by atoms with van der Waals surface area (Å²) in [5, 5.41) is 8.04. The number of nitrogens with one attached hydrogen (secondary N) is 1. The van der Waals surface area contributed by atoms with Gasteiger partial charge in [0.05, 0.1) is 23.2 Å². The van der Waals surface area contributed by atoms with E-state index >= 15 is 0 Å². The summed E-state index contributed by atoms with van der Waals surface area (Å²) in [4.78, 5) is 12.6. The molecule has 1 amide bonds. The SMILES string of the molecule is CC(C)c1ccc(OCC(=O)Nc2cc(-c3ccc(Cl)cc3)nn2[C@@H]2CCS(=O)(=O)C2)cc1. The van der Waals surface area contributed by atoms with Crippen molar-refractivity contribution in [1.29, 1.82) is 0 Å². The monoisotopic (exact) mass is 487 g/mol. The van der Waals surface area contributed by atoms with Crippen molar-refractivity contribution in [3.63, 3.8) is 0 Å². The third-order valence-corrected chi connectivity index (χ3v) is 7.62. The second-order valence-corrected chi connectivity index (χ2v) is 11.1. The van der Waals surface area contributed by atoms with E-state index < -0.39 is 9.84 Å². The van der Waals surface area contributed by atoms with Crippen LogP contribution in [-0.4, -0.2) is 42.2 Å². The van der Waals surface area contributed by atoms with Gasteiger partial charge in [0.1, 0.15) is 11.6 Å². The van der Waals surface area contributed by atoms with Gasteiger partial charge in [0, 0.05) is 16.7 Å². The first-order chi connectivity index (χ1) is 15.7. The molecule has 0 radical (unpaired) electrons. The molecule has 174 valence electrons. The molecule has 1 N–H and O–H groups in total. The highest BCUT2D eigenvalue weighted by Gasteiger charge is 2.31. The number of carbonyl (C=O) groups excluding carboxylic acids is 1. The lowest BCUT2D eigenvalue weighted by Crippen LogP contribution is -2.23. The van der Waals surface area contributed by atoms with E-state index in [0.29, 0.717) is 34.6 Å². The van der Waals surface area contributed by atoms with Crippen LogP contribution < -0.4 is 10.1 Å². The van der Waals surface area contributed by atoms with Gasteiger partial charge in [0.15, 0.2) is 16.4 Å². The van der Waals surface area contributed by atoms with Gasteiger partial charge in [0.2, 0.25) is 0 Å². The average molecular weight is 488 g/mol.